The lowest BCUT2D eigenvalue weighted by atomic mass is 10.0. The fourth-order valence-electron chi connectivity index (χ4n) is 0.598. The summed E-state index contributed by atoms with van der Waals surface area (Å²) < 4.78 is 4.40. The van der Waals surface area contributed by atoms with E-state index in [1.165, 1.54) is 19.3 Å². The highest BCUT2D eigenvalue weighted by molar-refractivity contribution is 5.87. The molecule has 82 valence electrons. The van der Waals surface area contributed by atoms with E-state index in [1.807, 2.05) is 0 Å². The molecule has 14 heavy (non-hydrogen) atoms. The number of halogens is 2. The molecule has 0 saturated carbocycles. The monoisotopic (exact) mass is 240 g/mol. The molecule has 0 bridgehead atoms. The van der Waals surface area contributed by atoms with Gasteiger partial charge in [-0.05, 0) is 6.08 Å². The average molecular weight is 241 g/mol. The molecule has 0 amide bonds. The van der Waals surface area contributed by atoms with Gasteiger partial charge in [0.15, 0.2) is 5.54 Å². The van der Waals surface area contributed by atoms with Crippen molar-refractivity contribution in [1.82, 2.24) is 0 Å². The molecule has 0 fully saturated rings. The van der Waals surface area contributed by atoms with Gasteiger partial charge in [0.1, 0.15) is 0 Å². The predicted octanol–water partition coefficient (Wildman–Crippen LogP) is -0.151. The fourth-order valence-corrected chi connectivity index (χ4v) is 0.598. The van der Waals surface area contributed by atoms with Gasteiger partial charge in [0.25, 0.3) is 0 Å². The van der Waals surface area contributed by atoms with E-state index in [-0.39, 0.29) is 31.4 Å². The molecule has 0 aromatic heterocycles. The Morgan fingerprint density at radius 1 is 1.64 bits per heavy atom. The smallest absolute Gasteiger partial charge is 0.342 e. The van der Waals surface area contributed by atoms with E-state index >= 15 is 0 Å². The van der Waals surface area contributed by atoms with Crippen LogP contribution in [0, 0.1) is 12.3 Å². The van der Waals surface area contributed by atoms with Gasteiger partial charge in [0.05, 0.1) is 7.11 Å². The second-order valence-electron chi connectivity index (χ2n) is 2.14. The molecular weight excluding hydrogens is 227 g/mol. The van der Waals surface area contributed by atoms with Crippen LogP contribution in [0.5, 0.6) is 0 Å². The van der Waals surface area contributed by atoms with E-state index in [9.17, 15) is 4.79 Å². The number of hydrogen-bond acceptors (Lipinski definition) is 4. The van der Waals surface area contributed by atoms with Crippen molar-refractivity contribution < 1.29 is 9.53 Å². The molecule has 0 spiro atoms. The second-order valence-corrected chi connectivity index (χ2v) is 2.14. The van der Waals surface area contributed by atoms with Gasteiger partial charge >= 0.3 is 5.97 Å². The van der Waals surface area contributed by atoms with Gasteiger partial charge in [0, 0.05) is 6.54 Å². The van der Waals surface area contributed by atoms with Gasteiger partial charge in [-0.25, -0.2) is 4.79 Å². The molecular formula is C8H14Cl2N2O2. The highest BCUT2D eigenvalue weighted by Gasteiger charge is 2.29. The zero-order valence-electron chi connectivity index (χ0n) is 7.73. The first-order chi connectivity index (χ1) is 5.60. The molecule has 0 saturated heterocycles. The lowest BCUT2D eigenvalue weighted by molar-refractivity contribution is -0.143. The summed E-state index contributed by atoms with van der Waals surface area (Å²) >= 11 is 0. The highest BCUT2D eigenvalue weighted by atomic mass is 35.5. The first-order valence-electron chi connectivity index (χ1n) is 3.33. The summed E-state index contributed by atoms with van der Waals surface area (Å²) in [6, 6.07) is 0. The van der Waals surface area contributed by atoms with Crippen molar-refractivity contribution in [2.24, 2.45) is 11.5 Å². The van der Waals surface area contributed by atoms with Gasteiger partial charge in [-0.3, -0.25) is 0 Å². The number of carbonyl (C=O) groups is 1. The molecule has 0 rings (SSSR count). The summed E-state index contributed by atoms with van der Waals surface area (Å²) in [5.41, 5.74) is 9.16. The molecule has 6 heteroatoms. The Morgan fingerprint density at radius 2 is 2.14 bits per heavy atom. The van der Waals surface area contributed by atoms with Gasteiger partial charge in [0.2, 0.25) is 0 Å². The molecule has 1 atom stereocenters. The van der Waals surface area contributed by atoms with E-state index in [0.717, 1.165) is 0 Å². The van der Waals surface area contributed by atoms with Crippen molar-refractivity contribution in [3.8, 4) is 12.3 Å². The Balaban J connectivity index is -0.000000605. The first kappa shape index (κ1) is 18.9. The van der Waals surface area contributed by atoms with Crippen LogP contribution < -0.4 is 11.5 Å². The van der Waals surface area contributed by atoms with Crippen LogP contribution in [-0.4, -0.2) is 25.2 Å². The Bertz CT molecular complexity index is 238. The Hall–Kier alpha value is -0.730. The predicted molar refractivity (Wildman–Crippen MR) is 60.5 cm³/mol. The van der Waals surface area contributed by atoms with E-state index in [2.05, 4.69) is 10.7 Å². The molecule has 0 aliphatic heterocycles. The third-order valence-electron chi connectivity index (χ3n) is 1.28. The molecule has 4 nitrogen and oxygen atoms in total. The summed E-state index contributed by atoms with van der Waals surface area (Å²) in [6.07, 6.45) is 7.91. The van der Waals surface area contributed by atoms with Gasteiger partial charge in [-0.2, -0.15) is 0 Å². The standard InChI is InChI=1S/C8H12N2O2.2ClH/c1-3-8(10,5-4-6-9)7(11)12-2;;/h1,4-5H,6,9-10H2,2H3;2*1H/b5-4+;;. The van der Waals surface area contributed by atoms with Crippen LogP contribution in [0.3, 0.4) is 0 Å². The van der Waals surface area contributed by atoms with Gasteiger partial charge in [-0.15, -0.1) is 31.2 Å². The van der Waals surface area contributed by atoms with Crippen molar-refractivity contribution in [3.05, 3.63) is 12.2 Å². The van der Waals surface area contributed by atoms with Crippen LogP contribution >= 0.6 is 24.8 Å². The lowest BCUT2D eigenvalue weighted by Crippen LogP contribution is -2.45. The maximum Gasteiger partial charge on any atom is 0.342 e. The zero-order chi connectivity index (χ0) is 9.61. The van der Waals surface area contributed by atoms with Gasteiger partial charge in [-0.1, -0.05) is 12.0 Å². The summed E-state index contributed by atoms with van der Waals surface area (Å²) in [7, 11) is 1.22. The Morgan fingerprint density at radius 3 is 2.43 bits per heavy atom. The van der Waals surface area contributed by atoms with Crippen molar-refractivity contribution in [3.63, 3.8) is 0 Å². The number of esters is 1. The number of terminal acetylenes is 1. The molecule has 0 heterocycles. The van der Waals surface area contributed by atoms with Crippen molar-refractivity contribution >= 4 is 30.8 Å². The first-order valence-corrected chi connectivity index (χ1v) is 3.33. The zero-order valence-corrected chi connectivity index (χ0v) is 9.36. The van der Waals surface area contributed by atoms with Crippen LogP contribution in [0.15, 0.2) is 12.2 Å². The summed E-state index contributed by atoms with van der Waals surface area (Å²) in [5.74, 6) is 1.45. The number of ether oxygens (including phenoxy) is 1. The number of methoxy groups -OCH3 is 1. The minimum Gasteiger partial charge on any atom is -0.467 e. The van der Waals surface area contributed by atoms with Crippen LogP contribution in [0.25, 0.3) is 0 Å². The third kappa shape index (κ3) is 5.10. The quantitative estimate of drug-likeness (QED) is 0.409. The maximum atomic E-state index is 11.0. The maximum absolute atomic E-state index is 11.0. The van der Waals surface area contributed by atoms with E-state index in [4.69, 9.17) is 17.9 Å². The highest BCUT2D eigenvalue weighted by Crippen LogP contribution is 2.03. The normalized spacial score (nSPS) is 13.0. The summed E-state index contributed by atoms with van der Waals surface area (Å²) in [6.45, 7) is 0.275. The average Bonchev–Trinajstić information content (AvgIpc) is 2.12. The molecule has 0 aromatic carbocycles. The van der Waals surface area contributed by atoms with Gasteiger partial charge < -0.3 is 16.2 Å². The Labute approximate surface area is 95.9 Å². The van der Waals surface area contributed by atoms with E-state index < -0.39 is 11.5 Å². The summed E-state index contributed by atoms with van der Waals surface area (Å²) in [5, 5.41) is 0. The van der Waals surface area contributed by atoms with Crippen molar-refractivity contribution in [2.75, 3.05) is 13.7 Å². The fraction of sp³-hybridized carbons (Fsp3) is 0.375. The lowest BCUT2D eigenvalue weighted by Gasteiger charge is -2.15. The van der Waals surface area contributed by atoms with Crippen LogP contribution in [0.4, 0.5) is 0 Å². The SMILES string of the molecule is C#CC(N)(/C=C/CN)C(=O)OC.Cl.Cl. The number of hydrogen-bond donors (Lipinski definition) is 2. The molecule has 0 aliphatic rings. The van der Waals surface area contributed by atoms with Crippen molar-refractivity contribution in [1.29, 1.82) is 0 Å². The second kappa shape index (κ2) is 8.85. The number of carbonyl (C=O) groups excluding carboxylic acids is 1. The molecule has 0 radical (unpaired) electrons. The largest absolute Gasteiger partial charge is 0.467 e. The molecule has 1 unspecified atom stereocenters. The molecule has 0 aliphatic carbocycles. The molecule has 0 aromatic rings. The van der Waals surface area contributed by atoms with Crippen LogP contribution in [0.2, 0.25) is 0 Å². The minimum atomic E-state index is -1.49. The number of nitrogens with two attached hydrogens (primary N) is 2. The van der Waals surface area contributed by atoms with E-state index in [0.29, 0.717) is 0 Å². The third-order valence-corrected chi connectivity index (χ3v) is 1.28. The van der Waals surface area contributed by atoms with Crippen molar-refractivity contribution in [2.45, 2.75) is 5.54 Å². The molecule has 4 N–H and O–H groups in total. The van der Waals surface area contributed by atoms with Crippen LogP contribution in [-0.2, 0) is 9.53 Å². The minimum absolute atomic E-state index is 0. The number of rotatable bonds is 3. The van der Waals surface area contributed by atoms with E-state index in [1.54, 1.807) is 0 Å². The summed E-state index contributed by atoms with van der Waals surface area (Å²) in [4.78, 5) is 11.0. The topological polar surface area (TPSA) is 78.3 Å². The Kier molecular flexibility index (Phi) is 12.0. The van der Waals surface area contributed by atoms with Crippen LogP contribution in [0.1, 0.15) is 0 Å².